The first-order valence-corrected chi connectivity index (χ1v) is 10.0. The number of anilines is 1. The predicted molar refractivity (Wildman–Crippen MR) is 123 cm³/mol. The van der Waals surface area contributed by atoms with Gasteiger partial charge in [0.25, 0.3) is 0 Å². The van der Waals surface area contributed by atoms with Gasteiger partial charge in [-0.2, -0.15) is 0 Å². The summed E-state index contributed by atoms with van der Waals surface area (Å²) in [6, 6.07) is 10.0. The second kappa shape index (κ2) is 7.05. The van der Waals surface area contributed by atoms with E-state index in [1.165, 1.54) is 12.4 Å². The van der Waals surface area contributed by atoms with E-state index in [4.69, 9.17) is 5.73 Å². The Morgan fingerprint density at radius 3 is 2.90 bits per heavy atom. The summed E-state index contributed by atoms with van der Waals surface area (Å²) in [5.41, 5.74) is 11.8. The number of likely N-dealkylation sites (N-methyl/N-ethyl adjacent to an activating group) is 1. The van der Waals surface area contributed by atoms with Crippen LogP contribution in [0.1, 0.15) is 12.1 Å². The highest BCUT2D eigenvalue weighted by atomic mass is 16.2. The second-order valence-corrected chi connectivity index (χ2v) is 7.82. The van der Waals surface area contributed by atoms with Crippen molar-refractivity contribution in [2.75, 3.05) is 12.8 Å². The molecular formula is C24H22N6O. The standard InChI is InChI=1S/C24H22N6O/c1-4-19(31)29(3)17-9-14(2)22-20(16-10-15-7-5-6-8-18(15)26-11-16)21-23(25)27-13-28-24(21)30(22)12-17/h4-8,10-11,13,17H,1-2,9,12H2,3H3,(H2,25,27,28)/t17-/m1/s1. The zero-order valence-electron chi connectivity index (χ0n) is 17.2. The third-order valence-electron chi connectivity index (χ3n) is 6.03. The van der Waals surface area contributed by atoms with Gasteiger partial charge in [0.15, 0.2) is 0 Å². The molecule has 0 saturated carbocycles. The van der Waals surface area contributed by atoms with Crippen LogP contribution in [0.15, 0.2) is 62.1 Å². The lowest BCUT2D eigenvalue weighted by molar-refractivity contribution is -0.127. The maximum atomic E-state index is 12.2. The summed E-state index contributed by atoms with van der Waals surface area (Å²) in [6.07, 6.45) is 5.31. The number of pyridine rings is 1. The van der Waals surface area contributed by atoms with Gasteiger partial charge in [-0.15, -0.1) is 0 Å². The van der Waals surface area contributed by atoms with Gasteiger partial charge in [0.1, 0.15) is 17.8 Å². The van der Waals surface area contributed by atoms with Gasteiger partial charge in [0, 0.05) is 36.3 Å². The molecule has 0 spiro atoms. The van der Waals surface area contributed by atoms with E-state index < -0.39 is 0 Å². The zero-order chi connectivity index (χ0) is 21.7. The van der Waals surface area contributed by atoms with Crippen molar-refractivity contribution in [1.82, 2.24) is 24.4 Å². The Hall–Kier alpha value is -4.00. The van der Waals surface area contributed by atoms with Gasteiger partial charge < -0.3 is 15.2 Å². The minimum atomic E-state index is -0.120. The number of para-hydroxylation sites is 1. The number of carbonyl (C=O) groups is 1. The number of nitrogens with zero attached hydrogens (tertiary/aromatic N) is 5. The first-order valence-electron chi connectivity index (χ1n) is 10.0. The molecule has 31 heavy (non-hydrogen) atoms. The van der Waals surface area contributed by atoms with Crippen molar-refractivity contribution in [3.05, 3.63) is 67.8 Å². The molecule has 1 amide bonds. The van der Waals surface area contributed by atoms with Crippen molar-refractivity contribution in [2.24, 2.45) is 0 Å². The Kier molecular flexibility index (Phi) is 4.32. The van der Waals surface area contributed by atoms with Crippen molar-refractivity contribution in [2.45, 2.75) is 19.0 Å². The van der Waals surface area contributed by atoms with Crippen molar-refractivity contribution in [3.8, 4) is 11.1 Å². The molecule has 1 aliphatic heterocycles. The molecule has 0 bridgehead atoms. The number of amides is 1. The van der Waals surface area contributed by atoms with E-state index in [0.29, 0.717) is 18.8 Å². The van der Waals surface area contributed by atoms with E-state index in [9.17, 15) is 4.79 Å². The summed E-state index contributed by atoms with van der Waals surface area (Å²) in [5, 5.41) is 1.83. The summed E-state index contributed by atoms with van der Waals surface area (Å²) < 4.78 is 2.10. The van der Waals surface area contributed by atoms with E-state index in [1.807, 2.05) is 30.5 Å². The molecule has 2 N–H and O–H groups in total. The predicted octanol–water partition coefficient (Wildman–Crippen LogP) is 3.66. The third kappa shape index (κ3) is 2.89. The van der Waals surface area contributed by atoms with Gasteiger partial charge in [-0.1, -0.05) is 31.4 Å². The Balaban J connectivity index is 1.76. The van der Waals surface area contributed by atoms with E-state index in [2.05, 4.69) is 38.7 Å². The summed E-state index contributed by atoms with van der Waals surface area (Å²) in [6.45, 7) is 8.54. The first-order chi connectivity index (χ1) is 15.0. The van der Waals surface area contributed by atoms with E-state index >= 15 is 0 Å². The van der Waals surface area contributed by atoms with Crippen LogP contribution in [0.3, 0.4) is 0 Å². The van der Waals surface area contributed by atoms with Crippen LogP contribution in [0.25, 0.3) is 38.6 Å². The Morgan fingerprint density at radius 2 is 2.10 bits per heavy atom. The number of benzene rings is 1. The average Bonchev–Trinajstić information content (AvgIpc) is 3.14. The number of aromatic nitrogens is 4. The van der Waals surface area contributed by atoms with Crippen LogP contribution in [0, 0.1) is 0 Å². The fraction of sp³-hybridized carbons (Fsp3) is 0.167. The maximum absolute atomic E-state index is 12.2. The zero-order valence-corrected chi connectivity index (χ0v) is 17.2. The molecule has 1 atom stereocenters. The highest BCUT2D eigenvalue weighted by Crippen LogP contribution is 2.43. The van der Waals surface area contributed by atoms with Crippen molar-refractivity contribution >= 4 is 39.2 Å². The molecule has 0 fully saturated rings. The largest absolute Gasteiger partial charge is 0.383 e. The molecule has 0 unspecified atom stereocenters. The molecule has 3 aromatic heterocycles. The van der Waals surface area contributed by atoms with E-state index in [-0.39, 0.29) is 11.9 Å². The topological polar surface area (TPSA) is 89.9 Å². The fourth-order valence-electron chi connectivity index (χ4n) is 4.47. The van der Waals surface area contributed by atoms with Crippen molar-refractivity contribution in [1.29, 1.82) is 0 Å². The molecule has 0 aliphatic carbocycles. The highest BCUT2D eigenvalue weighted by Gasteiger charge is 2.32. The molecule has 4 aromatic rings. The van der Waals surface area contributed by atoms with Gasteiger partial charge in [-0.05, 0) is 30.2 Å². The average molecular weight is 410 g/mol. The lowest BCUT2D eigenvalue weighted by atomic mass is 9.93. The van der Waals surface area contributed by atoms with Crippen LogP contribution in [0.5, 0.6) is 0 Å². The molecule has 7 nitrogen and oxygen atoms in total. The quantitative estimate of drug-likeness (QED) is 0.521. The van der Waals surface area contributed by atoms with Crippen LogP contribution >= 0.6 is 0 Å². The van der Waals surface area contributed by atoms with Crippen molar-refractivity contribution < 1.29 is 4.79 Å². The Bertz CT molecular complexity index is 1390. The molecule has 0 saturated heterocycles. The number of nitrogen functional groups attached to an aromatic ring is 1. The van der Waals surface area contributed by atoms with Gasteiger partial charge in [0.2, 0.25) is 5.91 Å². The minimum absolute atomic E-state index is 0.0557. The van der Waals surface area contributed by atoms with Crippen LogP contribution < -0.4 is 5.73 Å². The third-order valence-corrected chi connectivity index (χ3v) is 6.03. The van der Waals surface area contributed by atoms with Crippen LogP contribution in [-0.4, -0.2) is 43.4 Å². The summed E-state index contributed by atoms with van der Waals surface area (Å²) in [5.74, 6) is 0.292. The molecule has 7 heteroatoms. The molecule has 0 radical (unpaired) electrons. The molecule has 4 heterocycles. The van der Waals surface area contributed by atoms with E-state index in [1.54, 1.807) is 11.9 Å². The number of carbonyl (C=O) groups excluding carboxylic acids is 1. The minimum Gasteiger partial charge on any atom is -0.383 e. The maximum Gasteiger partial charge on any atom is 0.246 e. The number of nitrogens with two attached hydrogens (primary N) is 1. The second-order valence-electron chi connectivity index (χ2n) is 7.82. The molecule has 1 aliphatic rings. The molecular weight excluding hydrogens is 388 g/mol. The number of hydrogen-bond donors (Lipinski definition) is 1. The SMILES string of the molecule is C=CC(=O)N(C)[C@@H]1CC(=C)c2c(-c3cnc4ccccc4c3)c3c(N)ncnc3n2C1. The Morgan fingerprint density at radius 1 is 1.29 bits per heavy atom. The first kappa shape index (κ1) is 19.0. The normalized spacial score (nSPS) is 15.8. The Labute approximate surface area is 179 Å². The lowest BCUT2D eigenvalue weighted by Gasteiger charge is -2.33. The van der Waals surface area contributed by atoms with E-state index in [0.717, 1.165) is 44.3 Å². The summed E-state index contributed by atoms with van der Waals surface area (Å²) >= 11 is 0. The number of rotatable bonds is 3. The van der Waals surface area contributed by atoms with Crippen LogP contribution in [0.2, 0.25) is 0 Å². The molecule has 5 rings (SSSR count). The fourth-order valence-corrected chi connectivity index (χ4v) is 4.47. The van der Waals surface area contributed by atoms with Gasteiger partial charge >= 0.3 is 0 Å². The van der Waals surface area contributed by atoms with Gasteiger partial charge in [-0.3, -0.25) is 9.78 Å². The lowest BCUT2D eigenvalue weighted by Crippen LogP contribution is -2.41. The highest BCUT2D eigenvalue weighted by molar-refractivity contribution is 6.07. The van der Waals surface area contributed by atoms with Gasteiger partial charge in [0.05, 0.1) is 22.6 Å². The number of fused-ring (bicyclic) bond motifs is 4. The van der Waals surface area contributed by atoms with Crippen molar-refractivity contribution in [3.63, 3.8) is 0 Å². The monoisotopic (exact) mass is 410 g/mol. The summed E-state index contributed by atoms with van der Waals surface area (Å²) in [4.78, 5) is 27.3. The van der Waals surface area contributed by atoms with Crippen LogP contribution in [0.4, 0.5) is 5.82 Å². The summed E-state index contributed by atoms with van der Waals surface area (Å²) in [7, 11) is 1.79. The number of hydrogen-bond acceptors (Lipinski definition) is 5. The van der Waals surface area contributed by atoms with Crippen LogP contribution in [-0.2, 0) is 11.3 Å². The molecule has 1 aromatic carbocycles. The smallest absolute Gasteiger partial charge is 0.246 e. The van der Waals surface area contributed by atoms with Gasteiger partial charge in [-0.25, -0.2) is 9.97 Å². The molecule has 154 valence electrons.